The molecule has 0 aliphatic rings. The summed E-state index contributed by atoms with van der Waals surface area (Å²) in [4.78, 5) is 0. The van der Waals surface area contributed by atoms with Crippen molar-refractivity contribution in [2.45, 2.75) is 19.8 Å². The molecule has 0 aliphatic carbocycles. The molecule has 0 aliphatic heterocycles. The van der Waals surface area contributed by atoms with E-state index in [1.54, 1.807) is 0 Å². The molecule has 0 unspecified atom stereocenters. The lowest BCUT2D eigenvalue weighted by Gasteiger charge is -1.73. The molecule has 0 radical (unpaired) electrons. The number of allylic oxidation sites excluding steroid dienone is 1. The minimum Gasteiger partial charge on any atom is -0.0687 e. The predicted octanol–water partition coefficient (Wildman–Crippen LogP) is 3.37. The maximum atomic E-state index is 3.31. The molecule has 0 rings (SSSR count). The fraction of sp³-hybridized carbons (Fsp3) is 0.214. The number of rotatable bonds is 2. The van der Waals surface area contributed by atoms with Gasteiger partial charge in [0.05, 0.1) is 0 Å². The normalized spacial score (nSPS) is 5.21. The Morgan fingerprint density at radius 3 is 2.07 bits per heavy atom. The van der Waals surface area contributed by atoms with Crippen LogP contribution in [0.25, 0.3) is 0 Å². The van der Waals surface area contributed by atoms with Crippen molar-refractivity contribution < 1.29 is 0 Å². The van der Waals surface area contributed by atoms with Crippen LogP contribution in [-0.2, 0) is 0 Å². The lowest BCUT2D eigenvalue weighted by atomic mass is 10.3. The van der Waals surface area contributed by atoms with Gasteiger partial charge in [0, 0.05) is 0 Å². The lowest BCUT2D eigenvalue weighted by Crippen LogP contribution is -1.54. The van der Waals surface area contributed by atoms with Gasteiger partial charge >= 0.3 is 0 Å². The van der Waals surface area contributed by atoms with E-state index < -0.39 is 0 Å². The van der Waals surface area contributed by atoms with Crippen LogP contribution in [0.5, 0.6) is 0 Å². The molecule has 0 heteroatoms. The molecule has 0 aromatic rings. The third-order valence-corrected chi connectivity index (χ3v) is 1.07. The van der Waals surface area contributed by atoms with Gasteiger partial charge in [-0.05, 0) is 59.2 Å². The second kappa shape index (κ2) is 10.8. The molecule has 0 aromatic carbocycles. The van der Waals surface area contributed by atoms with Crippen LogP contribution in [0, 0.1) is 0 Å². The van der Waals surface area contributed by atoms with Crippen LogP contribution in [0.1, 0.15) is 19.8 Å². The average Bonchev–Trinajstić information content (AvgIpc) is 2.21. The highest BCUT2D eigenvalue weighted by Gasteiger charge is 1.65. The van der Waals surface area contributed by atoms with Crippen LogP contribution >= 0.6 is 0 Å². The predicted molar refractivity (Wildman–Crippen MR) is 56.7 cm³/mol. The minimum absolute atomic E-state index is 1.00. The molecular weight excluding hydrogens is 168 g/mol. The molecule has 0 spiro atoms. The van der Waals surface area contributed by atoms with Gasteiger partial charge in [-0.3, -0.25) is 0 Å². The topological polar surface area (TPSA) is 0 Å². The molecule has 0 fully saturated rings. The Kier molecular flexibility index (Phi) is 9.04. The fourth-order valence-electron chi connectivity index (χ4n) is 0.504. The molecular formula is C14H10. The van der Waals surface area contributed by atoms with Crippen molar-refractivity contribution in [3.8, 4) is 0 Å². The van der Waals surface area contributed by atoms with Crippen molar-refractivity contribution in [3.63, 3.8) is 0 Å². The summed E-state index contributed by atoms with van der Waals surface area (Å²) in [5.74, 6) is 0. The van der Waals surface area contributed by atoms with Crippen molar-refractivity contribution in [3.05, 3.63) is 64.2 Å². The van der Waals surface area contributed by atoms with E-state index in [0.29, 0.717) is 0 Å². The number of hydrogen-bond donors (Lipinski definition) is 0. The Morgan fingerprint density at radius 2 is 1.50 bits per heavy atom. The van der Waals surface area contributed by atoms with Crippen molar-refractivity contribution in [2.24, 2.45) is 0 Å². The van der Waals surface area contributed by atoms with Crippen LogP contribution in [-0.4, -0.2) is 0 Å². The Labute approximate surface area is 84.6 Å². The van der Waals surface area contributed by atoms with Crippen molar-refractivity contribution >= 4 is 0 Å². The fourth-order valence-corrected chi connectivity index (χ4v) is 0.504. The van der Waals surface area contributed by atoms with E-state index in [2.05, 4.69) is 65.1 Å². The van der Waals surface area contributed by atoms with E-state index in [-0.39, 0.29) is 0 Å². The first-order valence-electron chi connectivity index (χ1n) is 4.26. The van der Waals surface area contributed by atoms with Crippen LogP contribution in [0.3, 0.4) is 0 Å². The molecule has 0 bridgehead atoms. The SMILES string of the molecule is C=C=C=C=C=C=C=C=C=C=CCCC. The van der Waals surface area contributed by atoms with Gasteiger partial charge in [-0.2, -0.15) is 0 Å². The second-order valence-corrected chi connectivity index (χ2v) is 2.19. The van der Waals surface area contributed by atoms with Crippen molar-refractivity contribution in [1.29, 1.82) is 0 Å². The van der Waals surface area contributed by atoms with Gasteiger partial charge in [-0.15, -0.1) is 0 Å². The van der Waals surface area contributed by atoms with Gasteiger partial charge in [-0.1, -0.05) is 24.8 Å². The van der Waals surface area contributed by atoms with Gasteiger partial charge in [-0.25, -0.2) is 0 Å². The van der Waals surface area contributed by atoms with Gasteiger partial charge < -0.3 is 0 Å². The van der Waals surface area contributed by atoms with Gasteiger partial charge in [0.15, 0.2) is 0 Å². The second-order valence-electron chi connectivity index (χ2n) is 2.19. The third kappa shape index (κ3) is 9.76. The summed E-state index contributed by atoms with van der Waals surface area (Å²) in [5, 5.41) is 0. The molecule has 0 nitrogen and oxygen atoms in total. The summed E-state index contributed by atoms with van der Waals surface area (Å²) in [6.07, 6.45) is 4.01. The molecule has 14 heavy (non-hydrogen) atoms. The van der Waals surface area contributed by atoms with E-state index in [9.17, 15) is 0 Å². The quantitative estimate of drug-likeness (QED) is 0.569. The smallest absolute Gasteiger partial charge is 0.000000687 e. The van der Waals surface area contributed by atoms with Crippen LogP contribution in [0.15, 0.2) is 64.2 Å². The summed E-state index contributed by atoms with van der Waals surface area (Å²) >= 11 is 0. The molecule has 0 atom stereocenters. The molecule has 0 heterocycles. The van der Waals surface area contributed by atoms with E-state index in [1.807, 2.05) is 6.08 Å². The zero-order valence-corrected chi connectivity index (χ0v) is 8.20. The van der Waals surface area contributed by atoms with Gasteiger partial charge in [0.25, 0.3) is 0 Å². The van der Waals surface area contributed by atoms with E-state index in [0.717, 1.165) is 12.8 Å². The molecule has 0 saturated carbocycles. The highest BCUT2D eigenvalue weighted by Crippen LogP contribution is 1.84. The van der Waals surface area contributed by atoms with Crippen LogP contribution in [0.2, 0.25) is 0 Å². The summed E-state index contributed by atoms with van der Waals surface area (Å²) in [6.45, 7) is 5.41. The number of unbranched alkanes of at least 4 members (excludes halogenated alkanes) is 1. The maximum Gasteiger partial charge on any atom is -0.000000687 e. The third-order valence-electron chi connectivity index (χ3n) is 1.07. The maximum absolute atomic E-state index is 3.31. The van der Waals surface area contributed by atoms with E-state index in [4.69, 9.17) is 0 Å². The van der Waals surface area contributed by atoms with Gasteiger partial charge in [0.2, 0.25) is 0 Å². The first-order chi connectivity index (χ1) is 6.91. The highest BCUT2D eigenvalue weighted by molar-refractivity contribution is 4.90. The summed E-state index contributed by atoms with van der Waals surface area (Å²) in [6, 6.07) is 0. The zero-order chi connectivity index (χ0) is 10.5. The van der Waals surface area contributed by atoms with Crippen molar-refractivity contribution in [2.75, 3.05) is 0 Å². The largest absolute Gasteiger partial charge is 0.0687 e. The summed E-state index contributed by atoms with van der Waals surface area (Å²) < 4.78 is 0. The van der Waals surface area contributed by atoms with Gasteiger partial charge in [0.1, 0.15) is 0 Å². The summed E-state index contributed by atoms with van der Waals surface area (Å²) in [5.41, 5.74) is 23.1. The molecule has 0 saturated heterocycles. The highest BCUT2D eigenvalue weighted by atomic mass is 13.7. The molecule has 66 valence electrons. The minimum atomic E-state index is 1.00. The lowest BCUT2D eigenvalue weighted by molar-refractivity contribution is 0.960. The zero-order valence-electron chi connectivity index (χ0n) is 8.20. The van der Waals surface area contributed by atoms with E-state index in [1.165, 1.54) is 0 Å². The van der Waals surface area contributed by atoms with Crippen molar-refractivity contribution in [1.82, 2.24) is 0 Å². The first kappa shape index (κ1) is 11.8. The monoisotopic (exact) mass is 178 g/mol. The Balaban J connectivity index is 4.93. The Bertz CT molecular complexity index is 490. The molecule has 0 aromatic heterocycles. The summed E-state index contributed by atoms with van der Waals surface area (Å²) in [7, 11) is 0. The molecule has 0 N–H and O–H groups in total. The first-order valence-corrected chi connectivity index (χ1v) is 4.26. The molecule has 0 amide bonds. The average molecular weight is 178 g/mol. The Hall–Kier alpha value is -2.24. The van der Waals surface area contributed by atoms with Crippen LogP contribution < -0.4 is 0 Å². The Morgan fingerprint density at radius 1 is 0.929 bits per heavy atom. The number of hydrogen-bond acceptors (Lipinski definition) is 0. The van der Waals surface area contributed by atoms with E-state index >= 15 is 0 Å². The standard InChI is InChI=1S/C14H10/c1-3-5-7-9-11-13-14-12-10-8-6-4-2/h8H,1,4,6H2,2H3. The van der Waals surface area contributed by atoms with Crippen LogP contribution in [0.4, 0.5) is 0 Å².